The number of benzene rings is 1. The smallest absolute Gasteiger partial charge is 0.274 e. The standard InChI is InChI=1S/C18H21N3O2/c1-12(2)11-20-16-8-9-19-17(10-16)18(23)21-15-6-4-14(5-7-15)13(3)22/h4-10,12H,11H2,1-3H3,(H,19,20)(H,21,23). The van der Waals surface area contributed by atoms with Crippen molar-refractivity contribution in [1.29, 1.82) is 0 Å². The Kier molecular flexibility index (Phi) is 5.46. The summed E-state index contributed by atoms with van der Waals surface area (Å²) < 4.78 is 0. The van der Waals surface area contributed by atoms with Gasteiger partial charge in [0.15, 0.2) is 5.78 Å². The summed E-state index contributed by atoms with van der Waals surface area (Å²) in [5.74, 6) is 0.225. The largest absolute Gasteiger partial charge is 0.385 e. The summed E-state index contributed by atoms with van der Waals surface area (Å²) >= 11 is 0. The van der Waals surface area contributed by atoms with Gasteiger partial charge in [-0.3, -0.25) is 14.6 Å². The molecular weight excluding hydrogens is 290 g/mol. The minimum atomic E-state index is -0.284. The van der Waals surface area contributed by atoms with E-state index in [2.05, 4.69) is 29.5 Å². The molecule has 1 aromatic carbocycles. The topological polar surface area (TPSA) is 71.1 Å². The highest BCUT2D eigenvalue weighted by Crippen LogP contribution is 2.13. The van der Waals surface area contributed by atoms with Crippen molar-refractivity contribution in [3.63, 3.8) is 0 Å². The molecule has 0 fully saturated rings. The van der Waals surface area contributed by atoms with E-state index in [0.717, 1.165) is 12.2 Å². The second-order valence-electron chi connectivity index (χ2n) is 5.79. The van der Waals surface area contributed by atoms with Crippen LogP contribution in [0.1, 0.15) is 41.6 Å². The first kappa shape index (κ1) is 16.7. The van der Waals surface area contributed by atoms with Gasteiger partial charge in [-0.1, -0.05) is 13.8 Å². The number of aromatic nitrogens is 1. The third kappa shape index (κ3) is 4.92. The molecule has 0 spiro atoms. The number of ketones is 1. The van der Waals surface area contributed by atoms with Crippen LogP contribution < -0.4 is 10.6 Å². The molecule has 120 valence electrons. The normalized spacial score (nSPS) is 10.4. The van der Waals surface area contributed by atoms with Crippen molar-refractivity contribution in [2.75, 3.05) is 17.2 Å². The highest BCUT2D eigenvalue weighted by molar-refractivity contribution is 6.03. The average molecular weight is 311 g/mol. The minimum Gasteiger partial charge on any atom is -0.385 e. The maximum atomic E-state index is 12.3. The van der Waals surface area contributed by atoms with Crippen LogP contribution in [0.25, 0.3) is 0 Å². The lowest BCUT2D eigenvalue weighted by molar-refractivity contribution is 0.101. The van der Waals surface area contributed by atoms with Crippen molar-refractivity contribution < 1.29 is 9.59 Å². The molecule has 0 aliphatic rings. The van der Waals surface area contributed by atoms with Gasteiger partial charge in [-0.25, -0.2) is 0 Å². The van der Waals surface area contributed by atoms with Crippen LogP contribution in [0.2, 0.25) is 0 Å². The van der Waals surface area contributed by atoms with E-state index < -0.39 is 0 Å². The number of pyridine rings is 1. The fraction of sp³-hybridized carbons (Fsp3) is 0.278. The Bertz CT molecular complexity index is 694. The number of rotatable bonds is 6. The molecule has 0 unspecified atom stereocenters. The highest BCUT2D eigenvalue weighted by atomic mass is 16.2. The molecule has 5 nitrogen and oxygen atoms in total. The fourth-order valence-corrected chi connectivity index (χ4v) is 1.97. The molecule has 0 aliphatic heterocycles. The van der Waals surface area contributed by atoms with E-state index in [4.69, 9.17) is 0 Å². The second-order valence-corrected chi connectivity index (χ2v) is 5.79. The van der Waals surface area contributed by atoms with E-state index in [9.17, 15) is 9.59 Å². The summed E-state index contributed by atoms with van der Waals surface area (Å²) in [5.41, 5.74) is 2.45. The number of nitrogens with zero attached hydrogens (tertiary/aromatic N) is 1. The maximum Gasteiger partial charge on any atom is 0.274 e. The maximum absolute atomic E-state index is 12.3. The van der Waals surface area contributed by atoms with E-state index in [-0.39, 0.29) is 11.7 Å². The number of hydrogen-bond acceptors (Lipinski definition) is 4. The third-order valence-corrected chi connectivity index (χ3v) is 3.26. The number of amides is 1. The molecule has 2 N–H and O–H groups in total. The van der Waals surface area contributed by atoms with E-state index in [1.165, 1.54) is 6.92 Å². The van der Waals surface area contributed by atoms with Crippen molar-refractivity contribution >= 4 is 23.1 Å². The molecule has 0 bridgehead atoms. The lowest BCUT2D eigenvalue weighted by Crippen LogP contribution is -2.15. The summed E-state index contributed by atoms with van der Waals surface area (Å²) in [6.07, 6.45) is 1.61. The summed E-state index contributed by atoms with van der Waals surface area (Å²) in [7, 11) is 0. The van der Waals surface area contributed by atoms with Crippen molar-refractivity contribution in [3.05, 3.63) is 53.9 Å². The lowest BCUT2D eigenvalue weighted by Gasteiger charge is -2.10. The van der Waals surface area contributed by atoms with Gasteiger partial charge in [0.05, 0.1) is 0 Å². The summed E-state index contributed by atoms with van der Waals surface area (Å²) in [4.78, 5) is 27.6. The Balaban J connectivity index is 2.05. The molecule has 2 aromatic rings. The number of carbonyl (C=O) groups excluding carboxylic acids is 2. The van der Waals surface area contributed by atoms with Crippen molar-refractivity contribution in [2.45, 2.75) is 20.8 Å². The number of anilines is 2. The molecule has 1 heterocycles. The summed E-state index contributed by atoms with van der Waals surface area (Å²) in [6, 6.07) is 10.3. The molecule has 0 saturated heterocycles. The van der Waals surface area contributed by atoms with Crippen molar-refractivity contribution in [3.8, 4) is 0 Å². The Morgan fingerprint density at radius 1 is 1.09 bits per heavy atom. The van der Waals surface area contributed by atoms with Crippen LogP contribution in [0.5, 0.6) is 0 Å². The van der Waals surface area contributed by atoms with Crippen LogP contribution >= 0.6 is 0 Å². The van der Waals surface area contributed by atoms with Crippen molar-refractivity contribution in [1.82, 2.24) is 4.98 Å². The number of hydrogen-bond donors (Lipinski definition) is 2. The average Bonchev–Trinajstić information content (AvgIpc) is 2.53. The Hall–Kier alpha value is -2.69. The van der Waals surface area contributed by atoms with E-state index in [1.807, 2.05) is 6.07 Å². The zero-order valence-corrected chi connectivity index (χ0v) is 13.6. The first-order valence-electron chi connectivity index (χ1n) is 7.58. The molecule has 1 amide bonds. The minimum absolute atomic E-state index is 0.00605. The third-order valence-electron chi connectivity index (χ3n) is 3.26. The molecular formula is C18H21N3O2. The van der Waals surface area contributed by atoms with Gasteiger partial charge in [0, 0.05) is 29.7 Å². The monoisotopic (exact) mass is 311 g/mol. The zero-order valence-electron chi connectivity index (χ0n) is 13.6. The Labute approximate surface area is 136 Å². The van der Waals surface area contributed by atoms with Gasteiger partial charge < -0.3 is 10.6 Å². The Morgan fingerprint density at radius 3 is 2.39 bits per heavy atom. The second kappa shape index (κ2) is 7.54. The van der Waals surface area contributed by atoms with Crippen LogP contribution in [-0.4, -0.2) is 23.2 Å². The van der Waals surface area contributed by atoms with Crippen molar-refractivity contribution in [2.24, 2.45) is 5.92 Å². The van der Waals surface area contributed by atoms with Gasteiger partial charge in [0.2, 0.25) is 0 Å². The highest BCUT2D eigenvalue weighted by Gasteiger charge is 2.09. The molecule has 1 aromatic heterocycles. The predicted octanol–water partition coefficient (Wildman–Crippen LogP) is 3.60. The molecule has 23 heavy (non-hydrogen) atoms. The Morgan fingerprint density at radius 2 is 1.78 bits per heavy atom. The van der Waals surface area contributed by atoms with Crippen LogP contribution in [0.15, 0.2) is 42.6 Å². The molecule has 5 heteroatoms. The zero-order chi connectivity index (χ0) is 16.8. The molecule has 0 aliphatic carbocycles. The van der Waals surface area contributed by atoms with Gasteiger partial charge in [0.25, 0.3) is 5.91 Å². The number of carbonyl (C=O) groups is 2. The van der Waals surface area contributed by atoms with Crippen LogP contribution in [0, 0.1) is 5.92 Å². The van der Waals surface area contributed by atoms with E-state index in [0.29, 0.717) is 22.9 Å². The van der Waals surface area contributed by atoms with Crippen LogP contribution in [-0.2, 0) is 0 Å². The van der Waals surface area contributed by atoms with Crippen LogP contribution in [0.3, 0.4) is 0 Å². The van der Waals surface area contributed by atoms with Crippen LogP contribution in [0.4, 0.5) is 11.4 Å². The molecule has 0 radical (unpaired) electrons. The van der Waals surface area contributed by atoms with Gasteiger partial charge in [-0.2, -0.15) is 0 Å². The van der Waals surface area contributed by atoms with Gasteiger partial charge in [0.1, 0.15) is 5.69 Å². The SMILES string of the molecule is CC(=O)c1ccc(NC(=O)c2cc(NCC(C)C)ccn2)cc1. The number of Topliss-reactive ketones (excluding diaryl/α,β-unsaturated/α-hetero) is 1. The lowest BCUT2D eigenvalue weighted by atomic mass is 10.1. The van der Waals surface area contributed by atoms with Gasteiger partial charge in [-0.15, -0.1) is 0 Å². The summed E-state index contributed by atoms with van der Waals surface area (Å²) in [5, 5.41) is 6.04. The first-order chi connectivity index (χ1) is 11.0. The first-order valence-corrected chi connectivity index (χ1v) is 7.58. The fourth-order valence-electron chi connectivity index (χ4n) is 1.97. The van der Waals surface area contributed by atoms with E-state index >= 15 is 0 Å². The molecule has 0 saturated carbocycles. The summed E-state index contributed by atoms with van der Waals surface area (Å²) in [6.45, 7) is 6.57. The predicted molar refractivity (Wildman–Crippen MR) is 92.0 cm³/mol. The molecule has 0 atom stereocenters. The quantitative estimate of drug-likeness (QED) is 0.800. The van der Waals surface area contributed by atoms with Gasteiger partial charge >= 0.3 is 0 Å². The van der Waals surface area contributed by atoms with E-state index in [1.54, 1.807) is 36.5 Å². The van der Waals surface area contributed by atoms with Gasteiger partial charge in [-0.05, 0) is 49.2 Å². The number of nitrogens with one attached hydrogen (secondary N) is 2. The molecule has 2 rings (SSSR count).